The van der Waals surface area contributed by atoms with Gasteiger partial charge < -0.3 is 15.1 Å². The molecule has 5 rings (SSSR count). The zero-order valence-corrected chi connectivity index (χ0v) is 13.5. The van der Waals surface area contributed by atoms with Crippen LogP contribution in [0.4, 0.5) is 5.88 Å². The highest BCUT2D eigenvalue weighted by Gasteiger charge is 2.40. The molecule has 0 radical (unpaired) electrons. The number of aromatic nitrogens is 1. The van der Waals surface area contributed by atoms with Crippen LogP contribution >= 0.6 is 0 Å². The second-order valence-electron chi connectivity index (χ2n) is 6.58. The molecule has 3 aliphatic rings. The molecule has 122 valence electrons. The largest absolute Gasteiger partial charge is 0.441 e. The van der Waals surface area contributed by atoms with Gasteiger partial charge in [0.25, 0.3) is 5.91 Å². The Balaban J connectivity index is 1.54. The molecule has 3 aliphatic heterocycles. The molecule has 0 spiro atoms. The first-order valence-corrected chi connectivity index (χ1v) is 8.28. The van der Waals surface area contributed by atoms with E-state index in [0.29, 0.717) is 29.1 Å². The maximum Gasteiger partial charge on any atom is 0.270 e. The van der Waals surface area contributed by atoms with Gasteiger partial charge in [0.1, 0.15) is 11.3 Å². The molecule has 2 aromatic heterocycles. The van der Waals surface area contributed by atoms with Crippen molar-refractivity contribution < 1.29 is 9.21 Å². The molecule has 5 heterocycles. The molecule has 23 heavy (non-hydrogen) atoms. The molecule has 0 aromatic carbocycles. The maximum atomic E-state index is 12.6. The van der Waals surface area contributed by atoms with Gasteiger partial charge in [-0.1, -0.05) is 0 Å². The Morgan fingerprint density at radius 2 is 2.13 bits per heavy atom. The topological polar surface area (TPSA) is 70.4 Å². The highest BCUT2D eigenvalue weighted by atomic mass is 16.3. The number of rotatable bonds is 3. The molecule has 0 aliphatic carbocycles. The van der Waals surface area contributed by atoms with E-state index in [0.717, 1.165) is 18.5 Å². The Morgan fingerprint density at radius 1 is 1.35 bits per heavy atom. The lowest BCUT2D eigenvalue weighted by Gasteiger charge is -2.49. The maximum absolute atomic E-state index is 12.6. The summed E-state index contributed by atoms with van der Waals surface area (Å²) in [6.07, 6.45) is 4.03. The summed E-state index contributed by atoms with van der Waals surface area (Å²) in [7, 11) is 1.80. The first kappa shape index (κ1) is 14.5. The lowest BCUT2D eigenvalue weighted by atomic mass is 9.79. The van der Waals surface area contributed by atoms with Crippen molar-refractivity contribution >= 4 is 22.8 Å². The molecule has 2 atom stereocenters. The number of pyridine rings is 1. The molecule has 6 nitrogen and oxygen atoms in total. The zero-order valence-electron chi connectivity index (χ0n) is 13.5. The van der Waals surface area contributed by atoms with Gasteiger partial charge in [0.2, 0.25) is 0 Å². The predicted molar refractivity (Wildman–Crippen MR) is 88.6 cm³/mol. The number of nitrogens with zero attached hydrogens (tertiary/aromatic N) is 2. The number of anilines is 1. The van der Waals surface area contributed by atoms with E-state index in [2.05, 4.69) is 27.4 Å². The molecule has 3 fully saturated rings. The third-order valence-corrected chi connectivity index (χ3v) is 5.36. The SMILES string of the molecule is CNc1cc2cnc(C(=O)N[C@@H]3C4CCN(CC4)[C@H]3C)cc2o1. The Hall–Kier alpha value is -2.08. The van der Waals surface area contributed by atoms with E-state index in [9.17, 15) is 4.79 Å². The predicted octanol–water partition coefficient (Wildman–Crippen LogP) is 2.08. The summed E-state index contributed by atoms with van der Waals surface area (Å²) in [5.74, 6) is 1.15. The fourth-order valence-corrected chi connectivity index (χ4v) is 3.95. The summed E-state index contributed by atoms with van der Waals surface area (Å²) in [5.41, 5.74) is 1.09. The number of carbonyl (C=O) groups excluding carboxylic acids is 1. The van der Waals surface area contributed by atoms with Crippen LogP contribution in [0.3, 0.4) is 0 Å². The summed E-state index contributed by atoms with van der Waals surface area (Å²) in [6.45, 7) is 4.52. The highest BCUT2D eigenvalue weighted by Crippen LogP contribution is 2.32. The lowest BCUT2D eigenvalue weighted by Crippen LogP contribution is -2.62. The molecule has 3 saturated heterocycles. The third-order valence-electron chi connectivity index (χ3n) is 5.36. The first-order valence-electron chi connectivity index (χ1n) is 8.28. The van der Waals surface area contributed by atoms with Crippen molar-refractivity contribution in [3.63, 3.8) is 0 Å². The van der Waals surface area contributed by atoms with Crippen LogP contribution in [-0.4, -0.2) is 48.0 Å². The number of nitrogens with one attached hydrogen (secondary N) is 2. The van der Waals surface area contributed by atoms with Gasteiger partial charge in [-0.2, -0.15) is 0 Å². The fourth-order valence-electron chi connectivity index (χ4n) is 3.95. The van der Waals surface area contributed by atoms with Crippen molar-refractivity contribution in [1.82, 2.24) is 15.2 Å². The van der Waals surface area contributed by atoms with Crippen molar-refractivity contribution in [1.29, 1.82) is 0 Å². The van der Waals surface area contributed by atoms with Crippen molar-refractivity contribution in [3.8, 4) is 0 Å². The van der Waals surface area contributed by atoms with Crippen LogP contribution in [0.15, 0.2) is 22.7 Å². The zero-order chi connectivity index (χ0) is 16.0. The van der Waals surface area contributed by atoms with Crippen molar-refractivity contribution in [3.05, 3.63) is 24.0 Å². The Labute approximate surface area is 135 Å². The van der Waals surface area contributed by atoms with Gasteiger partial charge in [-0.25, -0.2) is 0 Å². The number of fused-ring (bicyclic) bond motifs is 4. The number of hydrogen-bond donors (Lipinski definition) is 2. The first-order chi connectivity index (χ1) is 11.2. The van der Waals surface area contributed by atoms with Crippen LogP contribution in [0.2, 0.25) is 0 Å². The summed E-state index contributed by atoms with van der Waals surface area (Å²) in [4.78, 5) is 19.4. The quantitative estimate of drug-likeness (QED) is 0.908. The van der Waals surface area contributed by atoms with E-state index >= 15 is 0 Å². The fraction of sp³-hybridized carbons (Fsp3) is 0.529. The van der Waals surface area contributed by atoms with Crippen LogP contribution in [0.5, 0.6) is 0 Å². The van der Waals surface area contributed by atoms with E-state index in [4.69, 9.17) is 4.42 Å². The highest BCUT2D eigenvalue weighted by molar-refractivity contribution is 5.95. The average molecular weight is 314 g/mol. The van der Waals surface area contributed by atoms with Crippen LogP contribution in [-0.2, 0) is 0 Å². The monoisotopic (exact) mass is 314 g/mol. The molecule has 0 saturated carbocycles. The van der Waals surface area contributed by atoms with Gasteiger partial charge in [-0.05, 0) is 38.8 Å². The van der Waals surface area contributed by atoms with Gasteiger partial charge in [0, 0.05) is 42.8 Å². The van der Waals surface area contributed by atoms with Gasteiger partial charge in [-0.15, -0.1) is 0 Å². The van der Waals surface area contributed by atoms with Crippen molar-refractivity contribution in [2.75, 3.05) is 25.5 Å². The molecule has 6 heteroatoms. The summed E-state index contributed by atoms with van der Waals surface area (Å²) in [6, 6.07) is 4.21. The Kier molecular flexibility index (Phi) is 3.49. The normalized spacial score (nSPS) is 29.7. The van der Waals surface area contributed by atoms with Gasteiger partial charge in [-0.3, -0.25) is 14.7 Å². The van der Waals surface area contributed by atoms with Crippen molar-refractivity contribution in [2.24, 2.45) is 5.92 Å². The standard InChI is InChI=1S/C17H22N4O2/c1-10-16(11-3-5-21(10)6-4-11)20-17(22)13-8-14-12(9-19-13)7-15(18-2)23-14/h7-11,16,18H,3-6H2,1-2H3,(H,20,22)/t10-,16-/m0/s1. The molecule has 2 aromatic rings. The van der Waals surface area contributed by atoms with E-state index < -0.39 is 0 Å². The molecule has 0 unspecified atom stereocenters. The van der Waals surface area contributed by atoms with Crippen LogP contribution in [0, 0.1) is 5.92 Å². The third kappa shape index (κ3) is 2.47. The summed E-state index contributed by atoms with van der Waals surface area (Å²) in [5, 5.41) is 7.05. The van der Waals surface area contributed by atoms with Crippen LogP contribution < -0.4 is 10.6 Å². The molecule has 2 N–H and O–H groups in total. The van der Waals surface area contributed by atoms with E-state index in [1.165, 1.54) is 12.8 Å². The second-order valence-corrected chi connectivity index (χ2v) is 6.58. The molecule has 1 amide bonds. The minimum absolute atomic E-state index is 0.111. The Bertz CT molecular complexity index is 731. The van der Waals surface area contributed by atoms with Gasteiger partial charge >= 0.3 is 0 Å². The smallest absolute Gasteiger partial charge is 0.270 e. The summed E-state index contributed by atoms with van der Waals surface area (Å²) >= 11 is 0. The minimum atomic E-state index is -0.111. The number of furan rings is 1. The van der Waals surface area contributed by atoms with Crippen LogP contribution in [0.1, 0.15) is 30.3 Å². The van der Waals surface area contributed by atoms with Gasteiger partial charge in [0.15, 0.2) is 5.88 Å². The number of amides is 1. The molecular weight excluding hydrogens is 292 g/mol. The Morgan fingerprint density at radius 3 is 2.83 bits per heavy atom. The van der Waals surface area contributed by atoms with E-state index in [1.54, 1.807) is 19.3 Å². The van der Waals surface area contributed by atoms with Crippen LogP contribution in [0.25, 0.3) is 11.0 Å². The average Bonchev–Trinajstić information content (AvgIpc) is 3.00. The molecule has 2 bridgehead atoms. The minimum Gasteiger partial charge on any atom is -0.441 e. The van der Waals surface area contributed by atoms with E-state index in [-0.39, 0.29) is 11.9 Å². The van der Waals surface area contributed by atoms with E-state index in [1.807, 2.05) is 6.07 Å². The number of carbonyl (C=O) groups is 1. The van der Waals surface area contributed by atoms with Crippen molar-refractivity contribution in [2.45, 2.75) is 31.8 Å². The molecular formula is C17H22N4O2. The number of piperidine rings is 3. The second kappa shape index (κ2) is 5.53. The van der Waals surface area contributed by atoms with Gasteiger partial charge in [0.05, 0.1) is 0 Å². The lowest BCUT2D eigenvalue weighted by molar-refractivity contribution is 0.0216. The number of hydrogen-bond acceptors (Lipinski definition) is 5. The summed E-state index contributed by atoms with van der Waals surface area (Å²) < 4.78 is 5.63.